The number of carbonyl (C=O) groups is 2. The quantitative estimate of drug-likeness (QED) is 0.743. The molecule has 148 valence electrons. The van der Waals surface area contributed by atoms with Crippen LogP contribution in [-0.4, -0.2) is 32.9 Å². The molecule has 2 N–H and O–H groups in total. The first-order valence-electron chi connectivity index (χ1n) is 8.72. The number of sulfonamides is 1. The number of anilines is 1. The number of ether oxygens (including phenoxy) is 1. The Balaban J connectivity index is 1.66. The van der Waals surface area contributed by atoms with Crippen LogP contribution < -0.4 is 10.0 Å². The molecule has 28 heavy (non-hydrogen) atoms. The highest BCUT2D eigenvalue weighted by Gasteiger charge is 2.25. The number of benzene rings is 2. The summed E-state index contributed by atoms with van der Waals surface area (Å²) in [5, 5.41) is 2.69. The van der Waals surface area contributed by atoms with E-state index in [4.69, 9.17) is 4.74 Å². The maximum absolute atomic E-state index is 13.0. The summed E-state index contributed by atoms with van der Waals surface area (Å²) >= 11 is 0. The fourth-order valence-electron chi connectivity index (χ4n) is 2.72. The van der Waals surface area contributed by atoms with E-state index in [1.54, 1.807) is 0 Å². The number of halogens is 1. The van der Waals surface area contributed by atoms with Crippen LogP contribution in [0.1, 0.15) is 29.6 Å². The number of esters is 1. The van der Waals surface area contributed by atoms with Gasteiger partial charge in [-0.1, -0.05) is 0 Å². The van der Waals surface area contributed by atoms with Gasteiger partial charge in [-0.3, -0.25) is 9.52 Å². The lowest BCUT2D eigenvalue weighted by molar-refractivity contribution is -0.129. The van der Waals surface area contributed by atoms with E-state index in [0.29, 0.717) is 13.0 Å². The summed E-state index contributed by atoms with van der Waals surface area (Å²) in [6, 6.07) is 10.0. The number of hydrogen-bond acceptors (Lipinski definition) is 5. The van der Waals surface area contributed by atoms with E-state index in [9.17, 15) is 22.4 Å². The van der Waals surface area contributed by atoms with Gasteiger partial charge in [0.15, 0.2) is 6.10 Å². The highest BCUT2D eigenvalue weighted by molar-refractivity contribution is 7.92. The van der Waals surface area contributed by atoms with Crippen molar-refractivity contribution in [2.75, 3.05) is 11.3 Å². The minimum absolute atomic E-state index is 0.0863. The summed E-state index contributed by atoms with van der Waals surface area (Å²) in [7, 11) is -3.88. The molecule has 1 unspecified atom stereocenters. The molecule has 1 heterocycles. The van der Waals surface area contributed by atoms with E-state index in [1.807, 2.05) is 0 Å². The predicted octanol–water partition coefficient (Wildman–Crippen LogP) is 2.45. The van der Waals surface area contributed by atoms with E-state index in [2.05, 4.69) is 10.0 Å². The van der Waals surface area contributed by atoms with Crippen LogP contribution in [0.25, 0.3) is 0 Å². The fraction of sp³-hybridized carbons (Fsp3) is 0.263. The van der Waals surface area contributed by atoms with Gasteiger partial charge < -0.3 is 10.1 Å². The van der Waals surface area contributed by atoms with Gasteiger partial charge in [-0.05, 0) is 67.8 Å². The molecule has 0 bridgehead atoms. The average molecular weight is 406 g/mol. The second kappa shape index (κ2) is 8.39. The molecule has 3 rings (SSSR count). The first-order chi connectivity index (χ1) is 13.3. The normalized spacial score (nSPS) is 17.3. The lowest BCUT2D eigenvalue weighted by Gasteiger charge is -2.14. The van der Waals surface area contributed by atoms with Gasteiger partial charge in [-0.25, -0.2) is 17.6 Å². The van der Waals surface area contributed by atoms with Gasteiger partial charge in [0.05, 0.1) is 10.5 Å². The number of carbonyl (C=O) groups excluding carboxylic acids is 2. The Labute approximate surface area is 161 Å². The van der Waals surface area contributed by atoms with Gasteiger partial charge in [0.2, 0.25) is 0 Å². The molecular formula is C19H19FN2O5S. The lowest BCUT2D eigenvalue weighted by Crippen LogP contribution is -2.36. The lowest BCUT2D eigenvalue weighted by atomic mass is 10.1. The number of nitrogens with one attached hydrogen (secondary N) is 2. The summed E-state index contributed by atoms with van der Waals surface area (Å²) in [5.74, 6) is -1.51. The van der Waals surface area contributed by atoms with Crippen LogP contribution in [0.5, 0.6) is 0 Å². The molecule has 1 saturated heterocycles. The molecule has 1 atom stereocenters. The maximum Gasteiger partial charge on any atom is 0.338 e. The van der Waals surface area contributed by atoms with Crippen LogP contribution in [0.4, 0.5) is 10.1 Å². The van der Waals surface area contributed by atoms with Gasteiger partial charge in [-0.15, -0.1) is 0 Å². The third-order valence-electron chi connectivity index (χ3n) is 4.23. The predicted molar refractivity (Wildman–Crippen MR) is 99.7 cm³/mol. The Bertz CT molecular complexity index is 959. The zero-order valence-corrected chi connectivity index (χ0v) is 15.7. The minimum atomic E-state index is -3.88. The molecule has 1 aliphatic rings. The molecule has 1 aliphatic heterocycles. The zero-order valence-electron chi connectivity index (χ0n) is 14.9. The highest BCUT2D eigenvalue weighted by Crippen LogP contribution is 2.18. The van der Waals surface area contributed by atoms with Crippen molar-refractivity contribution in [1.82, 2.24) is 5.32 Å². The van der Waals surface area contributed by atoms with Gasteiger partial charge in [0, 0.05) is 12.2 Å². The average Bonchev–Trinajstić information content (AvgIpc) is 2.87. The van der Waals surface area contributed by atoms with Crippen molar-refractivity contribution < 1.29 is 27.1 Å². The zero-order chi connectivity index (χ0) is 20.1. The summed E-state index contributed by atoms with van der Waals surface area (Å²) < 4.78 is 45.2. The molecular weight excluding hydrogens is 387 g/mol. The smallest absolute Gasteiger partial charge is 0.338 e. The highest BCUT2D eigenvalue weighted by atomic mass is 32.2. The molecule has 0 aromatic heterocycles. The SMILES string of the molecule is O=C(OC1CCCCNC1=O)c1ccc(NS(=O)(=O)c2ccc(F)cc2)cc1. The number of amides is 1. The van der Waals surface area contributed by atoms with Crippen LogP contribution in [0.2, 0.25) is 0 Å². The van der Waals surface area contributed by atoms with E-state index in [-0.39, 0.29) is 22.1 Å². The van der Waals surface area contributed by atoms with Crippen molar-refractivity contribution in [3.63, 3.8) is 0 Å². The van der Waals surface area contributed by atoms with E-state index < -0.39 is 27.9 Å². The van der Waals surface area contributed by atoms with Gasteiger partial charge in [0.25, 0.3) is 15.9 Å². The Hall–Kier alpha value is -2.94. The number of rotatable bonds is 5. The minimum Gasteiger partial charge on any atom is -0.449 e. The van der Waals surface area contributed by atoms with Crippen LogP contribution >= 0.6 is 0 Å². The first-order valence-corrected chi connectivity index (χ1v) is 10.2. The van der Waals surface area contributed by atoms with Crippen molar-refractivity contribution in [1.29, 1.82) is 0 Å². The Morgan fingerprint density at radius 2 is 1.75 bits per heavy atom. The van der Waals surface area contributed by atoms with Crippen LogP contribution in [0, 0.1) is 5.82 Å². The Kier molecular flexibility index (Phi) is 5.93. The van der Waals surface area contributed by atoms with Gasteiger partial charge in [-0.2, -0.15) is 0 Å². The van der Waals surface area contributed by atoms with Crippen LogP contribution in [0.15, 0.2) is 53.4 Å². The third kappa shape index (κ3) is 4.86. The monoisotopic (exact) mass is 406 g/mol. The maximum atomic E-state index is 13.0. The second-order valence-corrected chi connectivity index (χ2v) is 8.00. The second-order valence-electron chi connectivity index (χ2n) is 6.32. The van der Waals surface area contributed by atoms with Crippen molar-refractivity contribution in [2.24, 2.45) is 0 Å². The van der Waals surface area contributed by atoms with Crippen molar-refractivity contribution in [3.8, 4) is 0 Å². The van der Waals surface area contributed by atoms with Gasteiger partial charge in [0.1, 0.15) is 5.82 Å². The number of hydrogen-bond donors (Lipinski definition) is 2. The molecule has 7 nitrogen and oxygen atoms in total. The Morgan fingerprint density at radius 1 is 1.07 bits per heavy atom. The summed E-state index contributed by atoms with van der Waals surface area (Å²) in [6.07, 6.45) is 1.25. The molecule has 0 saturated carbocycles. The molecule has 0 spiro atoms. The largest absolute Gasteiger partial charge is 0.449 e. The summed E-state index contributed by atoms with van der Waals surface area (Å²) in [5.41, 5.74) is 0.426. The fourth-order valence-corrected chi connectivity index (χ4v) is 3.78. The topological polar surface area (TPSA) is 102 Å². The van der Waals surface area contributed by atoms with Gasteiger partial charge >= 0.3 is 5.97 Å². The molecule has 1 fully saturated rings. The van der Waals surface area contributed by atoms with E-state index in [0.717, 1.165) is 37.1 Å². The first kappa shape index (κ1) is 19.8. The van der Waals surface area contributed by atoms with E-state index in [1.165, 1.54) is 24.3 Å². The van der Waals surface area contributed by atoms with Crippen molar-refractivity contribution in [2.45, 2.75) is 30.3 Å². The van der Waals surface area contributed by atoms with Crippen molar-refractivity contribution >= 4 is 27.6 Å². The standard InChI is InChI=1S/C19H19FN2O5S/c20-14-6-10-16(11-7-14)28(25,26)22-15-8-4-13(5-9-15)19(24)27-17-3-1-2-12-21-18(17)23/h4-11,17,22H,1-3,12H2,(H,21,23). The molecule has 1 amide bonds. The summed E-state index contributed by atoms with van der Waals surface area (Å²) in [6.45, 7) is 0.565. The molecule has 0 radical (unpaired) electrons. The third-order valence-corrected chi connectivity index (χ3v) is 5.63. The molecule has 9 heteroatoms. The Morgan fingerprint density at radius 3 is 2.43 bits per heavy atom. The molecule has 2 aromatic rings. The molecule has 2 aromatic carbocycles. The van der Waals surface area contributed by atoms with Crippen molar-refractivity contribution in [3.05, 3.63) is 59.9 Å². The van der Waals surface area contributed by atoms with Crippen LogP contribution in [0.3, 0.4) is 0 Å². The summed E-state index contributed by atoms with van der Waals surface area (Å²) in [4.78, 5) is 24.0. The van der Waals surface area contributed by atoms with E-state index >= 15 is 0 Å². The van der Waals surface area contributed by atoms with Crippen LogP contribution in [-0.2, 0) is 19.6 Å². The molecule has 0 aliphatic carbocycles.